The zero-order valence-corrected chi connectivity index (χ0v) is 8.78. The van der Waals surface area contributed by atoms with Gasteiger partial charge in [0.2, 0.25) is 5.88 Å². The molecule has 2 heterocycles. The average molecular weight is 204 g/mol. The Morgan fingerprint density at radius 1 is 1.33 bits per heavy atom. The largest absolute Gasteiger partial charge is 0.469 e. The van der Waals surface area contributed by atoms with Crippen LogP contribution in [0.25, 0.3) is 0 Å². The number of rotatable bonds is 0. The van der Waals surface area contributed by atoms with Crippen molar-refractivity contribution in [2.75, 3.05) is 0 Å². The van der Waals surface area contributed by atoms with Crippen molar-refractivity contribution in [3.8, 4) is 5.88 Å². The fourth-order valence-electron chi connectivity index (χ4n) is 2.83. The first-order valence-electron chi connectivity index (χ1n) is 5.71. The molecular weight excluding hydrogens is 188 g/mol. The van der Waals surface area contributed by atoms with Crippen LogP contribution in [0.15, 0.2) is 18.3 Å². The molecule has 0 bridgehead atoms. The van der Waals surface area contributed by atoms with Crippen LogP contribution >= 0.6 is 0 Å². The highest BCUT2D eigenvalue weighted by Gasteiger charge is 2.47. The Kier molecular flexibility index (Phi) is 1.96. The number of nitrogens with two attached hydrogens (primary N) is 1. The maximum atomic E-state index is 6.29. The monoisotopic (exact) mass is 204 g/mol. The molecule has 1 spiro atoms. The predicted molar refractivity (Wildman–Crippen MR) is 57.6 cm³/mol. The van der Waals surface area contributed by atoms with E-state index >= 15 is 0 Å². The van der Waals surface area contributed by atoms with E-state index in [2.05, 4.69) is 4.98 Å². The van der Waals surface area contributed by atoms with Crippen molar-refractivity contribution >= 4 is 0 Å². The molecule has 1 atom stereocenters. The smallest absolute Gasteiger partial charge is 0.218 e. The van der Waals surface area contributed by atoms with Crippen LogP contribution in [0.2, 0.25) is 0 Å². The van der Waals surface area contributed by atoms with Crippen LogP contribution in [0, 0.1) is 0 Å². The molecule has 1 aliphatic carbocycles. The minimum atomic E-state index is -0.144. The van der Waals surface area contributed by atoms with Gasteiger partial charge in [-0.25, -0.2) is 4.98 Å². The lowest BCUT2D eigenvalue weighted by Crippen LogP contribution is -2.43. The quantitative estimate of drug-likeness (QED) is 0.704. The third kappa shape index (κ3) is 1.26. The third-order valence-electron chi connectivity index (χ3n) is 3.70. The van der Waals surface area contributed by atoms with Crippen LogP contribution in [-0.4, -0.2) is 10.6 Å². The summed E-state index contributed by atoms with van der Waals surface area (Å²) >= 11 is 0. The topological polar surface area (TPSA) is 48.1 Å². The van der Waals surface area contributed by atoms with E-state index in [1.165, 1.54) is 19.3 Å². The van der Waals surface area contributed by atoms with E-state index < -0.39 is 0 Å². The SMILES string of the molecule is NC1c2cccnc2OC12CCCCC2. The molecule has 1 aromatic rings. The molecule has 0 aromatic carbocycles. The fourth-order valence-corrected chi connectivity index (χ4v) is 2.83. The van der Waals surface area contributed by atoms with Crippen LogP contribution in [0.3, 0.4) is 0 Å². The summed E-state index contributed by atoms with van der Waals surface area (Å²) in [7, 11) is 0. The highest BCUT2D eigenvalue weighted by Crippen LogP contribution is 2.47. The standard InChI is InChI=1S/C12H16N2O/c13-10-9-5-4-8-14-11(9)15-12(10)6-2-1-3-7-12/h4-5,8,10H,1-3,6-7,13H2. The Morgan fingerprint density at radius 2 is 2.13 bits per heavy atom. The second-order valence-electron chi connectivity index (χ2n) is 4.60. The van der Waals surface area contributed by atoms with Crippen LogP contribution < -0.4 is 10.5 Å². The number of nitrogens with zero attached hydrogens (tertiary/aromatic N) is 1. The molecule has 3 nitrogen and oxygen atoms in total. The Bertz CT molecular complexity index is 372. The van der Waals surface area contributed by atoms with Crippen molar-refractivity contribution in [2.24, 2.45) is 5.73 Å². The second-order valence-corrected chi connectivity index (χ2v) is 4.60. The van der Waals surface area contributed by atoms with Gasteiger partial charge in [0.1, 0.15) is 5.60 Å². The summed E-state index contributed by atoms with van der Waals surface area (Å²) in [4.78, 5) is 4.26. The van der Waals surface area contributed by atoms with Gasteiger partial charge in [0.25, 0.3) is 0 Å². The van der Waals surface area contributed by atoms with E-state index in [1.807, 2.05) is 12.1 Å². The molecule has 1 saturated carbocycles. The summed E-state index contributed by atoms with van der Waals surface area (Å²) in [5.74, 6) is 0.756. The zero-order valence-electron chi connectivity index (χ0n) is 8.78. The van der Waals surface area contributed by atoms with Crippen molar-refractivity contribution < 1.29 is 4.74 Å². The lowest BCUT2D eigenvalue weighted by atomic mass is 9.79. The maximum absolute atomic E-state index is 6.29. The van der Waals surface area contributed by atoms with Crippen molar-refractivity contribution in [3.63, 3.8) is 0 Å². The van der Waals surface area contributed by atoms with Gasteiger partial charge in [-0.3, -0.25) is 0 Å². The maximum Gasteiger partial charge on any atom is 0.218 e. The second kappa shape index (κ2) is 3.20. The first-order chi connectivity index (χ1) is 7.32. The van der Waals surface area contributed by atoms with Crippen LogP contribution in [0.5, 0.6) is 5.88 Å². The highest BCUT2D eigenvalue weighted by atomic mass is 16.5. The molecule has 15 heavy (non-hydrogen) atoms. The normalized spacial score (nSPS) is 27.4. The number of hydrogen-bond acceptors (Lipinski definition) is 3. The van der Waals surface area contributed by atoms with Crippen LogP contribution in [-0.2, 0) is 0 Å². The third-order valence-corrected chi connectivity index (χ3v) is 3.70. The summed E-state index contributed by atoms with van der Waals surface area (Å²) < 4.78 is 6.01. The highest BCUT2D eigenvalue weighted by molar-refractivity contribution is 5.37. The molecule has 80 valence electrons. The molecule has 1 fully saturated rings. The average Bonchev–Trinajstić information content (AvgIpc) is 2.54. The summed E-state index contributed by atoms with van der Waals surface area (Å²) in [6.45, 7) is 0. The van der Waals surface area contributed by atoms with Crippen molar-refractivity contribution in [1.82, 2.24) is 4.98 Å². The number of hydrogen-bond donors (Lipinski definition) is 1. The Morgan fingerprint density at radius 3 is 2.87 bits per heavy atom. The van der Waals surface area contributed by atoms with Gasteiger partial charge < -0.3 is 10.5 Å². The Hall–Kier alpha value is -1.09. The molecule has 2 aliphatic rings. The van der Waals surface area contributed by atoms with Gasteiger partial charge in [-0.15, -0.1) is 0 Å². The zero-order chi connectivity index (χ0) is 10.3. The first kappa shape index (κ1) is 9.16. The van der Waals surface area contributed by atoms with Gasteiger partial charge in [0.05, 0.1) is 6.04 Å². The number of aromatic nitrogens is 1. The van der Waals surface area contributed by atoms with Gasteiger partial charge in [0.15, 0.2) is 0 Å². The summed E-state index contributed by atoms with van der Waals surface area (Å²) in [6, 6.07) is 3.99. The van der Waals surface area contributed by atoms with Crippen molar-refractivity contribution in [1.29, 1.82) is 0 Å². The van der Waals surface area contributed by atoms with Crippen molar-refractivity contribution in [3.05, 3.63) is 23.9 Å². The Labute approximate surface area is 89.6 Å². The summed E-state index contributed by atoms with van der Waals surface area (Å²) in [6.07, 6.45) is 7.67. The molecule has 0 radical (unpaired) electrons. The number of fused-ring (bicyclic) bond motifs is 1. The van der Waals surface area contributed by atoms with E-state index in [1.54, 1.807) is 6.20 Å². The molecule has 0 amide bonds. The van der Waals surface area contributed by atoms with Crippen LogP contribution in [0.4, 0.5) is 0 Å². The molecule has 0 saturated heterocycles. The molecular formula is C12H16N2O. The molecule has 1 unspecified atom stereocenters. The number of ether oxygens (including phenoxy) is 1. The van der Waals surface area contributed by atoms with E-state index in [0.717, 1.165) is 24.3 Å². The number of pyridine rings is 1. The lowest BCUT2D eigenvalue weighted by molar-refractivity contribution is 0.0271. The van der Waals surface area contributed by atoms with E-state index in [4.69, 9.17) is 10.5 Å². The molecule has 1 aliphatic heterocycles. The molecule has 2 N–H and O–H groups in total. The van der Waals surface area contributed by atoms with Gasteiger partial charge in [-0.1, -0.05) is 12.5 Å². The summed E-state index contributed by atoms with van der Waals surface area (Å²) in [5, 5.41) is 0. The molecule has 3 rings (SSSR count). The fraction of sp³-hybridized carbons (Fsp3) is 0.583. The first-order valence-corrected chi connectivity index (χ1v) is 5.71. The van der Waals surface area contributed by atoms with Gasteiger partial charge in [0, 0.05) is 11.8 Å². The minimum Gasteiger partial charge on any atom is -0.469 e. The molecule has 1 aromatic heterocycles. The summed E-state index contributed by atoms with van der Waals surface area (Å²) in [5.41, 5.74) is 7.23. The van der Waals surface area contributed by atoms with E-state index in [9.17, 15) is 0 Å². The van der Waals surface area contributed by atoms with Gasteiger partial charge in [-0.2, -0.15) is 0 Å². The predicted octanol–water partition coefficient (Wildman–Crippen LogP) is 2.18. The van der Waals surface area contributed by atoms with Gasteiger partial charge in [-0.05, 0) is 31.7 Å². The van der Waals surface area contributed by atoms with Crippen molar-refractivity contribution in [2.45, 2.75) is 43.7 Å². The Balaban J connectivity index is 1.98. The van der Waals surface area contributed by atoms with Crippen LogP contribution in [0.1, 0.15) is 43.7 Å². The lowest BCUT2D eigenvalue weighted by Gasteiger charge is -2.35. The van der Waals surface area contributed by atoms with E-state index in [0.29, 0.717) is 0 Å². The van der Waals surface area contributed by atoms with Gasteiger partial charge >= 0.3 is 0 Å². The van der Waals surface area contributed by atoms with E-state index in [-0.39, 0.29) is 11.6 Å². The minimum absolute atomic E-state index is 0.0153. The molecule has 3 heteroatoms.